The van der Waals surface area contributed by atoms with Gasteiger partial charge in [0.2, 0.25) is 11.8 Å². The topological polar surface area (TPSA) is 73.8 Å². The molecule has 7 rings (SSSR count). The molecule has 1 aromatic heterocycles. The van der Waals surface area contributed by atoms with E-state index in [2.05, 4.69) is 34.1 Å². The molecule has 3 saturated carbocycles. The van der Waals surface area contributed by atoms with Crippen LogP contribution in [-0.2, 0) is 14.4 Å². The minimum Gasteiger partial charge on any atom is -0.353 e. The van der Waals surface area contributed by atoms with E-state index in [-0.39, 0.29) is 41.3 Å². The van der Waals surface area contributed by atoms with Gasteiger partial charge in [-0.05, 0) is 60.7 Å². The molecule has 36 heavy (non-hydrogen) atoms. The first-order chi connectivity index (χ1) is 17.6. The molecule has 3 heterocycles. The lowest BCUT2D eigenvalue weighted by molar-refractivity contribution is -0.142. The van der Waals surface area contributed by atoms with Crippen LogP contribution in [0.1, 0.15) is 38.5 Å². The maximum absolute atomic E-state index is 13.3. The van der Waals surface area contributed by atoms with Gasteiger partial charge < -0.3 is 4.90 Å². The number of carbonyl (C=O) groups excluding carboxylic acids is 3. The predicted molar refractivity (Wildman–Crippen MR) is 139 cm³/mol. The summed E-state index contributed by atoms with van der Waals surface area (Å²) < 4.78 is 5.99. The second-order valence-corrected chi connectivity index (χ2v) is 12.5. The van der Waals surface area contributed by atoms with E-state index < -0.39 is 0 Å². The van der Waals surface area contributed by atoms with E-state index in [0.717, 1.165) is 51.4 Å². The summed E-state index contributed by atoms with van der Waals surface area (Å²) >= 11 is 1.58. The number of imide groups is 1. The van der Waals surface area contributed by atoms with Gasteiger partial charge in [0.25, 0.3) is 0 Å². The first-order valence-electron chi connectivity index (χ1n) is 13.8. The van der Waals surface area contributed by atoms with E-state index in [9.17, 15) is 14.4 Å². The van der Waals surface area contributed by atoms with Crippen molar-refractivity contribution in [3.05, 3.63) is 24.3 Å². The Bertz CT molecular complexity index is 1200. The molecule has 3 aliphatic carbocycles. The van der Waals surface area contributed by atoms with Gasteiger partial charge in [-0.3, -0.25) is 24.2 Å². The highest BCUT2D eigenvalue weighted by Gasteiger charge is 2.64. The summed E-state index contributed by atoms with van der Waals surface area (Å²) in [7, 11) is 0. The van der Waals surface area contributed by atoms with Gasteiger partial charge in [-0.1, -0.05) is 25.0 Å². The molecule has 8 heteroatoms. The van der Waals surface area contributed by atoms with Gasteiger partial charge in [-0.2, -0.15) is 4.37 Å². The summed E-state index contributed by atoms with van der Waals surface area (Å²) in [5.41, 5.74) is 0. The Labute approximate surface area is 216 Å². The van der Waals surface area contributed by atoms with Crippen molar-refractivity contribution in [2.75, 3.05) is 44.2 Å². The molecule has 5 aliphatic rings. The highest BCUT2D eigenvalue weighted by atomic mass is 32.1. The van der Waals surface area contributed by atoms with Gasteiger partial charge in [-0.25, -0.2) is 0 Å². The Morgan fingerprint density at radius 3 is 2.42 bits per heavy atom. The number of Topliss-reactive ketones (excluding diaryl/α,β-unsaturated/α-hetero) is 1. The Hall–Kier alpha value is -2.32. The Balaban J connectivity index is 0.990. The van der Waals surface area contributed by atoms with Crippen LogP contribution in [-0.4, -0.2) is 71.0 Å². The van der Waals surface area contributed by atoms with E-state index in [4.69, 9.17) is 4.37 Å². The largest absolute Gasteiger partial charge is 0.353 e. The number of carbonyl (C=O) groups is 3. The van der Waals surface area contributed by atoms with Crippen LogP contribution in [0.15, 0.2) is 24.3 Å². The van der Waals surface area contributed by atoms with E-state index in [0.29, 0.717) is 24.8 Å². The molecule has 5 fully saturated rings. The van der Waals surface area contributed by atoms with E-state index in [1.807, 2.05) is 0 Å². The number of hydrogen-bond acceptors (Lipinski definition) is 7. The number of anilines is 1. The van der Waals surface area contributed by atoms with Crippen LogP contribution >= 0.6 is 11.5 Å². The molecule has 190 valence electrons. The average molecular weight is 507 g/mol. The van der Waals surface area contributed by atoms with Gasteiger partial charge >= 0.3 is 0 Å². The van der Waals surface area contributed by atoms with E-state index in [1.54, 1.807) is 16.4 Å². The molecule has 0 unspecified atom stereocenters. The van der Waals surface area contributed by atoms with Crippen LogP contribution in [0.3, 0.4) is 0 Å². The predicted octanol–water partition coefficient (Wildman–Crippen LogP) is 3.43. The molecule has 2 bridgehead atoms. The zero-order valence-corrected chi connectivity index (χ0v) is 21.5. The third kappa shape index (κ3) is 3.63. The number of amides is 2. The van der Waals surface area contributed by atoms with Crippen molar-refractivity contribution in [1.29, 1.82) is 0 Å². The zero-order valence-electron chi connectivity index (χ0n) is 20.7. The standard InChI is InChI=1S/C28H34N4O3S/c33-22-14-19-13-21(22)25-24(19)27(34)32(28(25)35)16-18-6-2-1-5-17(18)15-30-9-11-31(12-10-30)26-20-7-3-4-8-23(20)36-29-26/h3-4,7-8,17-19,21,24-25H,1-2,5-6,9-16H2/t17-,18-,19+,21-,24+,25-/m0/s1. The van der Waals surface area contributed by atoms with Crippen molar-refractivity contribution in [2.24, 2.45) is 35.5 Å². The Kier molecular flexibility index (Phi) is 5.65. The van der Waals surface area contributed by atoms with Crippen molar-refractivity contribution in [3.8, 4) is 0 Å². The molecule has 2 saturated heterocycles. The lowest BCUT2D eigenvalue weighted by atomic mass is 9.78. The Morgan fingerprint density at radius 1 is 0.889 bits per heavy atom. The van der Waals surface area contributed by atoms with E-state index >= 15 is 0 Å². The van der Waals surface area contributed by atoms with Gasteiger partial charge in [0.1, 0.15) is 11.6 Å². The quantitative estimate of drug-likeness (QED) is 0.579. The lowest BCUT2D eigenvalue weighted by Crippen LogP contribution is -2.49. The summed E-state index contributed by atoms with van der Waals surface area (Å²) in [6.07, 6.45) is 5.94. The fourth-order valence-corrected chi connectivity index (χ4v) is 8.81. The number of benzene rings is 1. The van der Waals surface area contributed by atoms with Crippen LogP contribution in [0.5, 0.6) is 0 Å². The summed E-state index contributed by atoms with van der Waals surface area (Å²) in [4.78, 5) is 45.4. The first-order valence-corrected chi connectivity index (χ1v) is 14.6. The molecule has 2 aliphatic heterocycles. The number of likely N-dealkylation sites (tertiary alicyclic amines) is 1. The minimum absolute atomic E-state index is 0.0263. The number of piperazine rings is 1. The highest BCUT2D eigenvalue weighted by Crippen LogP contribution is 2.54. The number of hydrogen-bond donors (Lipinski definition) is 0. The van der Waals surface area contributed by atoms with Gasteiger partial charge in [-0.15, -0.1) is 0 Å². The van der Waals surface area contributed by atoms with Crippen molar-refractivity contribution in [2.45, 2.75) is 38.5 Å². The molecule has 0 spiro atoms. The van der Waals surface area contributed by atoms with Crippen molar-refractivity contribution < 1.29 is 14.4 Å². The molecule has 2 amide bonds. The molecular weight excluding hydrogens is 472 g/mol. The molecular formula is C28H34N4O3S. The maximum atomic E-state index is 13.3. The smallest absolute Gasteiger partial charge is 0.233 e. The number of ketones is 1. The average Bonchev–Trinajstić information content (AvgIpc) is 3.64. The van der Waals surface area contributed by atoms with E-state index in [1.165, 1.54) is 29.3 Å². The normalized spacial score (nSPS) is 34.8. The third-order valence-electron chi connectivity index (χ3n) is 9.87. The Morgan fingerprint density at radius 2 is 1.61 bits per heavy atom. The van der Waals surface area contributed by atoms with Crippen LogP contribution in [0.2, 0.25) is 0 Å². The van der Waals surface area contributed by atoms with Crippen LogP contribution in [0.4, 0.5) is 5.82 Å². The number of rotatable bonds is 5. The molecule has 0 radical (unpaired) electrons. The fourth-order valence-electron chi connectivity index (χ4n) is 8.02. The first kappa shape index (κ1) is 22.8. The minimum atomic E-state index is -0.347. The van der Waals surface area contributed by atoms with Crippen LogP contribution < -0.4 is 4.90 Å². The van der Waals surface area contributed by atoms with Crippen molar-refractivity contribution in [1.82, 2.24) is 14.2 Å². The number of aromatic nitrogens is 1. The molecule has 0 N–H and O–H groups in total. The highest BCUT2D eigenvalue weighted by molar-refractivity contribution is 7.13. The van der Waals surface area contributed by atoms with Crippen LogP contribution in [0, 0.1) is 35.5 Å². The molecule has 7 nitrogen and oxygen atoms in total. The maximum Gasteiger partial charge on any atom is 0.233 e. The summed E-state index contributed by atoms with van der Waals surface area (Å²) in [5, 5.41) is 1.25. The zero-order chi connectivity index (χ0) is 24.4. The molecule has 1 aromatic carbocycles. The molecule has 2 aromatic rings. The second-order valence-electron chi connectivity index (χ2n) is 11.7. The monoisotopic (exact) mass is 506 g/mol. The second kappa shape index (κ2) is 8.91. The summed E-state index contributed by atoms with van der Waals surface area (Å²) in [5.74, 6) is 1.58. The van der Waals surface area contributed by atoms with Gasteiger partial charge in [0.15, 0.2) is 0 Å². The van der Waals surface area contributed by atoms with Crippen molar-refractivity contribution in [3.63, 3.8) is 0 Å². The number of fused-ring (bicyclic) bond motifs is 6. The fraction of sp³-hybridized carbons (Fsp3) is 0.643. The SMILES string of the molecule is O=C1C[C@H]2C[C@@H]1[C@@H]1C(=O)N(C[C@@H]3CCCC[C@H]3CN3CCN(c4nsc5ccccc45)CC3)C(=O)[C@H]21. The summed E-state index contributed by atoms with van der Waals surface area (Å²) in [6.45, 7) is 5.61. The van der Waals surface area contributed by atoms with Gasteiger partial charge in [0.05, 0.1) is 16.5 Å². The van der Waals surface area contributed by atoms with Crippen molar-refractivity contribution >= 4 is 45.0 Å². The van der Waals surface area contributed by atoms with Gasteiger partial charge in [0, 0.05) is 57.0 Å². The van der Waals surface area contributed by atoms with Crippen LogP contribution in [0.25, 0.3) is 10.1 Å². The summed E-state index contributed by atoms with van der Waals surface area (Å²) in [6, 6.07) is 8.47. The number of nitrogens with zero attached hydrogens (tertiary/aromatic N) is 4. The lowest BCUT2D eigenvalue weighted by Gasteiger charge is -2.40. The third-order valence-corrected chi connectivity index (χ3v) is 10.7. The molecule has 6 atom stereocenters.